The van der Waals surface area contributed by atoms with Gasteiger partial charge in [-0.1, -0.05) is 281 Å². The van der Waals surface area contributed by atoms with Crippen molar-refractivity contribution in [2.45, 2.75) is 75.0 Å². The summed E-state index contributed by atoms with van der Waals surface area (Å²) in [6, 6.07) is 125. The van der Waals surface area contributed by atoms with Gasteiger partial charge in [0, 0.05) is 87.3 Å². The number of rotatable bonds is 10. The molecular weight excluding hydrogens is 1520 g/mol. The standard InChI is InChI=1S/2C57H39N3O2/c1-8-30-57(31-9-1)46-23-5-2-18-40(46)45-34-38(28-29-47(45)57)36-15-10-14-35(32-36)37-16-11-17-39(33-37)54-58-55(43-21-12-26-50-52(43)41-19-3-6-24-48(41)61-50)60-56(59-54)44-22-13-27-51-53(44)42-20-4-7-25-49(42)62-51;1-8-28-57(29-9-1)48-19-5-2-16-42(48)45-32-38(22-25-49(45)57)36-13-10-12-35(30-36)37-14-11-15-39(31-37)54-58-55(40-23-26-52-46(33-40)43-17-3-6-20-50(43)61-52)60-56(59-54)41-24-27-53-47(34-41)44-18-4-7-21-51(44)62-53/h2-7,10-29,32-34H,1,8-9,30-31H2;2-7,10-27,30-34H,1,8-9,28-29H2. The van der Waals surface area contributed by atoms with Crippen molar-refractivity contribution in [1.29, 1.82) is 0 Å². The predicted octanol–water partition coefficient (Wildman–Crippen LogP) is 30.5. The van der Waals surface area contributed by atoms with Crippen molar-refractivity contribution in [3.63, 3.8) is 0 Å². The van der Waals surface area contributed by atoms with Gasteiger partial charge in [-0.3, -0.25) is 0 Å². The zero-order chi connectivity index (χ0) is 81.6. The molecule has 10 heteroatoms. The molecule has 2 saturated carbocycles. The largest absolute Gasteiger partial charge is 0.456 e. The highest BCUT2D eigenvalue weighted by molar-refractivity contribution is 6.14. The smallest absolute Gasteiger partial charge is 0.164 e. The molecule has 0 N–H and O–H groups in total. The highest BCUT2D eigenvalue weighted by Crippen LogP contribution is 2.59. The third-order valence-electron chi connectivity index (χ3n) is 27.1. The summed E-state index contributed by atoms with van der Waals surface area (Å²) in [4.78, 5) is 31.3. The number of fused-ring (bicyclic) bond motifs is 22. The molecule has 0 aliphatic heterocycles. The van der Waals surface area contributed by atoms with E-state index in [1.54, 1.807) is 0 Å². The maximum atomic E-state index is 6.33. The summed E-state index contributed by atoms with van der Waals surface area (Å²) >= 11 is 0. The highest BCUT2D eigenvalue weighted by atomic mass is 16.3. The Hall–Kier alpha value is -15.3. The highest BCUT2D eigenvalue weighted by Gasteiger charge is 2.45. The molecule has 2 spiro atoms. The van der Waals surface area contributed by atoms with Crippen LogP contribution in [0.2, 0.25) is 0 Å². The van der Waals surface area contributed by atoms with Crippen LogP contribution >= 0.6 is 0 Å². The van der Waals surface area contributed by atoms with Crippen molar-refractivity contribution in [2.24, 2.45) is 0 Å². The monoisotopic (exact) mass is 1590 g/mol. The van der Waals surface area contributed by atoms with Crippen LogP contribution in [0.25, 0.3) is 223 Å². The number of hydrogen-bond acceptors (Lipinski definition) is 10. The Labute approximate surface area is 714 Å². The van der Waals surface area contributed by atoms with Crippen molar-refractivity contribution < 1.29 is 17.7 Å². The zero-order valence-electron chi connectivity index (χ0n) is 67.9. The van der Waals surface area contributed by atoms with Crippen LogP contribution < -0.4 is 0 Å². The van der Waals surface area contributed by atoms with E-state index in [2.05, 4.69) is 231 Å². The normalized spacial score (nSPS) is 14.3. The molecule has 124 heavy (non-hydrogen) atoms. The van der Waals surface area contributed by atoms with E-state index in [4.69, 9.17) is 47.6 Å². The first-order chi connectivity index (χ1) is 61.3. The molecule has 0 saturated heterocycles. The van der Waals surface area contributed by atoms with E-state index in [0.29, 0.717) is 34.9 Å². The zero-order valence-corrected chi connectivity index (χ0v) is 67.9. The SMILES string of the molecule is c1cc(-c2cccc(-c3nc(-c4ccc5oc6ccccc6c5c4)nc(-c4ccc5oc6ccccc6c5c4)n3)c2)cc(-c2ccc3c(c2)-c2ccccc2C32CCCCC2)c1.c1cc(-c2cccc(-c3nc(-c4cccc5oc6ccccc6c45)nc(-c4cccc5oc6ccccc6c45)n3)c2)cc(-c2ccc3c(c2)-c2ccccc2C32CCCCC2)c1. The molecule has 6 aromatic heterocycles. The molecule has 16 aromatic carbocycles. The number of para-hydroxylation sites is 4. The van der Waals surface area contributed by atoms with Gasteiger partial charge in [-0.25, -0.2) is 29.9 Å². The maximum absolute atomic E-state index is 6.33. The minimum atomic E-state index is 0.150. The predicted molar refractivity (Wildman–Crippen MR) is 502 cm³/mol. The Kier molecular flexibility index (Phi) is 16.6. The lowest BCUT2D eigenvalue weighted by Gasteiger charge is -2.36. The van der Waals surface area contributed by atoms with Crippen LogP contribution in [-0.4, -0.2) is 29.9 Å². The van der Waals surface area contributed by atoms with Gasteiger partial charge in [0.2, 0.25) is 0 Å². The summed E-state index contributed by atoms with van der Waals surface area (Å²) in [6.45, 7) is 0. The lowest BCUT2D eigenvalue weighted by atomic mass is 9.68. The van der Waals surface area contributed by atoms with Crippen molar-refractivity contribution in [2.75, 3.05) is 0 Å². The first kappa shape index (κ1) is 71.6. The fourth-order valence-corrected chi connectivity index (χ4v) is 21.3. The molecule has 22 aromatic rings. The molecule has 0 amide bonds. The van der Waals surface area contributed by atoms with Crippen molar-refractivity contribution in [3.8, 4) is 135 Å². The molecule has 4 aliphatic rings. The quantitative estimate of drug-likeness (QED) is 0.130. The fourth-order valence-electron chi connectivity index (χ4n) is 21.3. The van der Waals surface area contributed by atoms with E-state index in [9.17, 15) is 0 Å². The van der Waals surface area contributed by atoms with Crippen molar-refractivity contribution in [3.05, 3.63) is 374 Å². The maximum Gasteiger partial charge on any atom is 0.164 e. The number of nitrogens with zero attached hydrogens (tertiary/aromatic N) is 6. The Balaban J connectivity index is 0.000000136. The Morgan fingerprint density at radius 2 is 0.435 bits per heavy atom. The van der Waals surface area contributed by atoms with Gasteiger partial charge in [-0.05, 0) is 224 Å². The number of furan rings is 4. The molecule has 0 bridgehead atoms. The lowest BCUT2D eigenvalue weighted by molar-refractivity contribution is 0.353. The third-order valence-corrected chi connectivity index (χ3v) is 27.1. The van der Waals surface area contributed by atoms with Gasteiger partial charge >= 0.3 is 0 Å². The van der Waals surface area contributed by atoms with Crippen LogP contribution in [0.5, 0.6) is 0 Å². The fraction of sp³-hybridized carbons (Fsp3) is 0.105. The van der Waals surface area contributed by atoms with Crippen molar-refractivity contribution in [1.82, 2.24) is 29.9 Å². The average Bonchev–Trinajstić information content (AvgIpc) is 1.57. The van der Waals surface area contributed by atoms with E-state index in [1.165, 1.54) is 131 Å². The van der Waals surface area contributed by atoms with Gasteiger partial charge in [-0.2, -0.15) is 0 Å². The second kappa shape index (κ2) is 28.7. The van der Waals surface area contributed by atoms with Crippen LogP contribution in [0, 0.1) is 0 Å². The third kappa shape index (κ3) is 11.7. The Morgan fingerprint density at radius 1 is 0.169 bits per heavy atom. The van der Waals surface area contributed by atoms with Gasteiger partial charge in [-0.15, -0.1) is 0 Å². The van der Waals surface area contributed by atoms with Crippen LogP contribution in [0.15, 0.2) is 370 Å². The summed E-state index contributed by atoms with van der Waals surface area (Å²) in [7, 11) is 0. The first-order valence-electron chi connectivity index (χ1n) is 43.4. The molecule has 0 radical (unpaired) electrons. The summed E-state index contributed by atoms with van der Waals surface area (Å²) in [6.07, 6.45) is 12.8. The van der Waals surface area contributed by atoms with Gasteiger partial charge < -0.3 is 17.7 Å². The molecule has 588 valence electrons. The molecular formula is C114H78N6O4. The molecule has 10 nitrogen and oxygen atoms in total. The summed E-state index contributed by atoms with van der Waals surface area (Å²) < 4.78 is 25.0. The minimum Gasteiger partial charge on any atom is -0.456 e. The number of hydrogen-bond donors (Lipinski definition) is 0. The molecule has 0 atom stereocenters. The van der Waals surface area contributed by atoms with Crippen LogP contribution in [0.1, 0.15) is 86.5 Å². The molecule has 6 heterocycles. The van der Waals surface area contributed by atoms with Gasteiger partial charge in [0.1, 0.15) is 44.7 Å². The van der Waals surface area contributed by atoms with Crippen LogP contribution in [-0.2, 0) is 10.8 Å². The molecule has 0 unspecified atom stereocenters. The number of benzene rings is 16. The van der Waals surface area contributed by atoms with E-state index in [0.717, 1.165) is 143 Å². The van der Waals surface area contributed by atoms with E-state index in [1.807, 2.05) is 121 Å². The van der Waals surface area contributed by atoms with Gasteiger partial charge in [0.25, 0.3) is 0 Å². The molecule has 4 aliphatic carbocycles. The van der Waals surface area contributed by atoms with Crippen molar-refractivity contribution >= 4 is 87.8 Å². The summed E-state index contributed by atoms with van der Waals surface area (Å²) in [5, 5.41) is 8.17. The Morgan fingerprint density at radius 3 is 0.847 bits per heavy atom. The average molecular weight is 1600 g/mol. The van der Waals surface area contributed by atoms with Crippen LogP contribution in [0.3, 0.4) is 0 Å². The lowest BCUT2D eigenvalue weighted by Crippen LogP contribution is -2.27. The summed E-state index contributed by atoms with van der Waals surface area (Å²) in [5.74, 6) is 3.53. The summed E-state index contributed by atoms with van der Waals surface area (Å²) in [5.41, 5.74) is 33.2. The van der Waals surface area contributed by atoms with E-state index >= 15 is 0 Å². The first-order valence-corrected chi connectivity index (χ1v) is 43.4. The second-order valence-corrected chi connectivity index (χ2v) is 34.0. The minimum absolute atomic E-state index is 0.150. The second-order valence-electron chi connectivity index (χ2n) is 34.0. The molecule has 2 fully saturated rings. The molecule has 26 rings (SSSR count). The van der Waals surface area contributed by atoms with E-state index < -0.39 is 0 Å². The van der Waals surface area contributed by atoms with E-state index in [-0.39, 0.29) is 10.8 Å². The number of aromatic nitrogens is 6. The van der Waals surface area contributed by atoms with Crippen LogP contribution in [0.4, 0.5) is 0 Å². The topological polar surface area (TPSA) is 130 Å². The van der Waals surface area contributed by atoms with Gasteiger partial charge in [0.05, 0.1) is 0 Å². The van der Waals surface area contributed by atoms with Gasteiger partial charge in [0.15, 0.2) is 34.9 Å². The Bertz CT molecular complexity index is 7860.